The van der Waals surface area contributed by atoms with E-state index in [9.17, 15) is 0 Å². The van der Waals surface area contributed by atoms with E-state index in [-0.39, 0.29) is 0 Å². The summed E-state index contributed by atoms with van der Waals surface area (Å²) in [6.45, 7) is 2.77. The van der Waals surface area contributed by atoms with Gasteiger partial charge in [0, 0.05) is 23.6 Å². The summed E-state index contributed by atoms with van der Waals surface area (Å²) in [4.78, 5) is 0. The number of ether oxygens (including phenoxy) is 1. The molecule has 1 fully saturated rings. The summed E-state index contributed by atoms with van der Waals surface area (Å²) in [7, 11) is 0. The molecule has 1 aromatic rings. The smallest absolute Gasteiger partial charge is 0.127 e. The number of fused-ring (bicyclic) bond motifs is 1. The molecule has 0 saturated heterocycles. The first-order chi connectivity index (χ1) is 9.33. The van der Waals surface area contributed by atoms with Crippen LogP contribution >= 0.6 is 11.6 Å². The average Bonchev–Trinajstić information content (AvgIpc) is 3.04. The monoisotopic (exact) mass is 279 g/mol. The number of rotatable bonds is 5. The Morgan fingerprint density at radius 3 is 2.95 bits per heavy atom. The van der Waals surface area contributed by atoms with Crippen molar-refractivity contribution in [2.75, 3.05) is 13.2 Å². The second-order valence-corrected chi connectivity index (χ2v) is 6.20. The third kappa shape index (κ3) is 3.24. The maximum absolute atomic E-state index is 6.16. The summed E-state index contributed by atoms with van der Waals surface area (Å²) in [5.41, 5.74) is 2.48. The fraction of sp³-hybridized carbons (Fsp3) is 0.625. The number of nitrogens with one attached hydrogen (secondary N) is 1. The lowest BCUT2D eigenvalue weighted by atomic mass is 10.0. The van der Waals surface area contributed by atoms with Gasteiger partial charge >= 0.3 is 0 Å². The standard InChI is InChI=1S/C16H22ClNO/c17-15-9-13-6-8-19-16(13)14(10-15)11-18-7-5-12-3-1-2-4-12/h9-10,12,18H,1-8,11H2. The van der Waals surface area contributed by atoms with Crippen LogP contribution in [0.3, 0.4) is 0 Å². The first-order valence-electron chi connectivity index (χ1n) is 7.48. The highest BCUT2D eigenvalue weighted by Crippen LogP contribution is 2.33. The highest BCUT2D eigenvalue weighted by atomic mass is 35.5. The summed E-state index contributed by atoms with van der Waals surface area (Å²) in [5.74, 6) is 2.02. The molecule has 104 valence electrons. The molecule has 2 nitrogen and oxygen atoms in total. The van der Waals surface area contributed by atoms with Crippen LogP contribution < -0.4 is 10.1 Å². The summed E-state index contributed by atoms with van der Waals surface area (Å²) in [5, 5.41) is 4.38. The number of halogens is 1. The first kappa shape index (κ1) is 13.3. The number of hydrogen-bond acceptors (Lipinski definition) is 2. The lowest BCUT2D eigenvalue weighted by Gasteiger charge is -2.12. The molecule has 0 amide bonds. The van der Waals surface area contributed by atoms with Crippen LogP contribution in [0.4, 0.5) is 0 Å². The van der Waals surface area contributed by atoms with Crippen molar-refractivity contribution in [1.29, 1.82) is 0 Å². The maximum atomic E-state index is 6.16. The largest absolute Gasteiger partial charge is 0.493 e. The minimum absolute atomic E-state index is 0.796. The molecule has 1 aliphatic carbocycles. The normalized spacial score (nSPS) is 18.6. The Morgan fingerprint density at radius 2 is 2.11 bits per heavy atom. The zero-order chi connectivity index (χ0) is 13.1. The fourth-order valence-electron chi connectivity index (χ4n) is 3.31. The molecule has 1 aliphatic heterocycles. The third-order valence-electron chi connectivity index (χ3n) is 4.34. The average molecular weight is 280 g/mol. The van der Waals surface area contributed by atoms with E-state index in [0.717, 1.165) is 42.8 Å². The van der Waals surface area contributed by atoms with E-state index in [2.05, 4.69) is 5.32 Å². The van der Waals surface area contributed by atoms with Crippen molar-refractivity contribution < 1.29 is 4.74 Å². The van der Waals surface area contributed by atoms with Gasteiger partial charge in [-0.1, -0.05) is 37.3 Å². The molecule has 1 heterocycles. The summed E-state index contributed by atoms with van der Waals surface area (Å²) >= 11 is 6.16. The molecule has 0 aromatic heterocycles. The molecule has 19 heavy (non-hydrogen) atoms. The minimum Gasteiger partial charge on any atom is -0.493 e. The van der Waals surface area contributed by atoms with Crippen molar-refractivity contribution in [3.8, 4) is 5.75 Å². The minimum atomic E-state index is 0.796. The zero-order valence-electron chi connectivity index (χ0n) is 11.4. The first-order valence-corrected chi connectivity index (χ1v) is 7.85. The van der Waals surface area contributed by atoms with Gasteiger partial charge in [0.05, 0.1) is 6.61 Å². The van der Waals surface area contributed by atoms with Gasteiger partial charge < -0.3 is 10.1 Å². The van der Waals surface area contributed by atoms with Crippen LogP contribution in [0, 0.1) is 5.92 Å². The fourth-order valence-corrected chi connectivity index (χ4v) is 3.57. The maximum Gasteiger partial charge on any atom is 0.127 e. The van der Waals surface area contributed by atoms with Gasteiger partial charge in [0.15, 0.2) is 0 Å². The lowest BCUT2D eigenvalue weighted by Crippen LogP contribution is -2.17. The molecule has 1 aromatic carbocycles. The van der Waals surface area contributed by atoms with E-state index in [1.54, 1.807) is 0 Å². The van der Waals surface area contributed by atoms with Crippen LogP contribution in [0.25, 0.3) is 0 Å². The molecule has 0 unspecified atom stereocenters. The molecule has 3 heteroatoms. The van der Waals surface area contributed by atoms with Crippen LogP contribution in [0.5, 0.6) is 5.75 Å². The van der Waals surface area contributed by atoms with Crippen molar-refractivity contribution in [3.63, 3.8) is 0 Å². The van der Waals surface area contributed by atoms with Gasteiger partial charge in [-0.25, -0.2) is 0 Å². The second-order valence-electron chi connectivity index (χ2n) is 5.77. The predicted molar refractivity (Wildman–Crippen MR) is 78.9 cm³/mol. The van der Waals surface area contributed by atoms with Crippen LogP contribution in [0.1, 0.15) is 43.2 Å². The van der Waals surface area contributed by atoms with Crippen molar-refractivity contribution in [2.24, 2.45) is 5.92 Å². The molecular weight excluding hydrogens is 258 g/mol. The van der Waals surface area contributed by atoms with E-state index in [1.165, 1.54) is 43.2 Å². The molecular formula is C16H22ClNO. The molecule has 0 bridgehead atoms. The Kier molecular flexibility index (Phi) is 4.29. The van der Waals surface area contributed by atoms with Gasteiger partial charge in [0.1, 0.15) is 5.75 Å². The van der Waals surface area contributed by atoms with Crippen molar-refractivity contribution in [3.05, 3.63) is 28.3 Å². The van der Waals surface area contributed by atoms with E-state index in [4.69, 9.17) is 16.3 Å². The summed E-state index contributed by atoms with van der Waals surface area (Å²) in [6.07, 6.45) is 8.02. The number of benzene rings is 1. The molecule has 0 atom stereocenters. The van der Waals surface area contributed by atoms with Crippen molar-refractivity contribution in [1.82, 2.24) is 5.32 Å². The van der Waals surface area contributed by atoms with E-state index >= 15 is 0 Å². The lowest BCUT2D eigenvalue weighted by molar-refractivity contribution is 0.352. The molecule has 1 N–H and O–H groups in total. The van der Waals surface area contributed by atoms with E-state index in [1.807, 2.05) is 12.1 Å². The van der Waals surface area contributed by atoms with Gasteiger partial charge in [0.25, 0.3) is 0 Å². The van der Waals surface area contributed by atoms with Crippen LogP contribution in [-0.2, 0) is 13.0 Å². The molecule has 0 spiro atoms. The molecule has 1 saturated carbocycles. The predicted octanol–water partition coefficient (Wildman–Crippen LogP) is 3.94. The van der Waals surface area contributed by atoms with Crippen LogP contribution in [0.2, 0.25) is 5.02 Å². The van der Waals surface area contributed by atoms with Gasteiger partial charge in [-0.2, -0.15) is 0 Å². The van der Waals surface area contributed by atoms with E-state index in [0.29, 0.717) is 0 Å². The highest BCUT2D eigenvalue weighted by molar-refractivity contribution is 6.30. The quantitative estimate of drug-likeness (QED) is 0.824. The summed E-state index contributed by atoms with van der Waals surface area (Å²) < 4.78 is 5.72. The SMILES string of the molecule is Clc1cc2c(c(CNCCC3CCCC3)c1)OCC2. The third-order valence-corrected chi connectivity index (χ3v) is 4.56. The Balaban J connectivity index is 1.52. The molecule has 2 aliphatic rings. The van der Waals surface area contributed by atoms with Crippen molar-refractivity contribution >= 4 is 11.6 Å². The zero-order valence-corrected chi connectivity index (χ0v) is 12.1. The molecule has 0 radical (unpaired) electrons. The Labute approximate surface area is 120 Å². The van der Waals surface area contributed by atoms with E-state index < -0.39 is 0 Å². The Morgan fingerprint density at radius 1 is 1.26 bits per heavy atom. The van der Waals surface area contributed by atoms with Crippen LogP contribution in [0.15, 0.2) is 12.1 Å². The van der Waals surface area contributed by atoms with Crippen molar-refractivity contribution in [2.45, 2.75) is 45.1 Å². The Bertz CT molecular complexity index is 441. The van der Waals surface area contributed by atoms with Gasteiger partial charge in [-0.15, -0.1) is 0 Å². The highest BCUT2D eigenvalue weighted by Gasteiger charge is 2.18. The summed E-state index contributed by atoms with van der Waals surface area (Å²) in [6, 6.07) is 4.07. The van der Waals surface area contributed by atoms with Gasteiger partial charge in [-0.05, 0) is 36.6 Å². The Hall–Kier alpha value is -0.730. The van der Waals surface area contributed by atoms with Crippen LogP contribution in [-0.4, -0.2) is 13.2 Å². The number of hydrogen-bond donors (Lipinski definition) is 1. The van der Waals surface area contributed by atoms with Gasteiger partial charge in [0.2, 0.25) is 0 Å². The van der Waals surface area contributed by atoms with Gasteiger partial charge in [-0.3, -0.25) is 0 Å². The molecule has 3 rings (SSSR count). The topological polar surface area (TPSA) is 21.3 Å². The second kappa shape index (κ2) is 6.15.